The first-order valence-electron chi connectivity index (χ1n) is 6.32. The van der Waals surface area contributed by atoms with Crippen LogP contribution in [0.5, 0.6) is 0 Å². The summed E-state index contributed by atoms with van der Waals surface area (Å²) in [6.45, 7) is 0. The lowest BCUT2D eigenvalue weighted by molar-refractivity contribution is -0.120. The second kappa shape index (κ2) is 5.80. The van der Waals surface area contributed by atoms with Crippen molar-refractivity contribution >= 4 is 5.91 Å². The van der Waals surface area contributed by atoms with Crippen LogP contribution in [-0.4, -0.2) is 23.1 Å². The van der Waals surface area contributed by atoms with Gasteiger partial charge in [-0.2, -0.15) is 4.98 Å². The van der Waals surface area contributed by atoms with Gasteiger partial charge in [0.05, 0.1) is 6.42 Å². The lowest BCUT2D eigenvalue weighted by atomic mass is 10.0. The van der Waals surface area contributed by atoms with Gasteiger partial charge in [-0.15, -0.1) is 0 Å². The number of carbonyl (C=O) groups is 1. The molecule has 1 N–H and O–H groups in total. The molecular weight excluding hydrogens is 218 g/mol. The smallest absolute Gasteiger partial charge is 0.229 e. The molecule has 5 nitrogen and oxygen atoms in total. The summed E-state index contributed by atoms with van der Waals surface area (Å²) in [5, 5.41) is 6.41. The quantitative estimate of drug-likeness (QED) is 0.814. The van der Waals surface area contributed by atoms with Crippen LogP contribution in [0.15, 0.2) is 4.52 Å². The summed E-state index contributed by atoms with van der Waals surface area (Å²) in [5.74, 6) is 1.51. The van der Waals surface area contributed by atoms with Gasteiger partial charge in [0.2, 0.25) is 11.8 Å². The van der Waals surface area contributed by atoms with E-state index >= 15 is 0 Å². The molecule has 5 heteroatoms. The van der Waals surface area contributed by atoms with E-state index in [2.05, 4.69) is 15.5 Å². The number of hydrogen-bond donors (Lipinski definition) is 1. The molecule has 0 spiro atoms. The van der Waals surface area contributed by atoms with E-state index in [1.807, 2.05) is 0 Å². The number of aromatic nitrogens is 2. The number of hydrogen-bond acceptors (Lipinski definition) is 4. The van der Waals surface area contributed by atoms with E-state index in [9.17, 15) is 4.79 Å². The predicted octanol–water partition coefficient (Wildman–Crippen LogP) is 1.80. The molecule has 0 radical (unpaired) electrons. The minimum Gasteiger partial charge on any atom is -0.359 e. The molecule has 1 saturated carbocycles. The van der Waals surface area contributed by atoms with Crippen molar-refractivity contribution in [3.05, 3.63) is 11.7 Å². The highest BCUT2D eigenvalue weighted by Crippen LogP contribution is 2.30. The Kier molecular flexibility index (Phi) is 4.12. The first-order chi connectivity index (χ1) is 8.29. The molecule has 1 aliphatic carbocycles. The Morgan fingerprint density at radius 3 is 2.71 bits per heavy atom. The molecule has 1 aromatic rings. The summed E-state index contributed by atoms with van der Waals surface area (Å²) >= 11 is 0. The molecule has 1 aromatic heterocycles. The highest BCUT2D eigenvalue weighted by atomic mass is 16.5. The maximum atomic E-state index is 11.2. The molecule has 0 unspecified atom stereocenters. The van der Waals surface area contributed by atoms with Crippen LogP contribution in [-0.2, 0) is 11.2 Å². The molecule has 1 fully saturated rings. The van der Waals surface area contributed by atoms with E-state index in [1.54, 1.807) is 7.05 Å². The maximum absolute atomic E-state index is 11.2. The van der Waals surface area contributed by atoms with E-state index in [0.29, 0.717) is 17.6 Å². The zero-order valence-corrected chi connectivity index (χ0v) is 10.2. The standard InChI is InChI=1S/C12H19N3O2/c1-13-11(16)8-10-14-12(17-15-10)9-6-4-2-3-5-7-9/h9H,2-8H2,1H3,(H,13,16). The van der Waals surface area contributed by atoms with Crippen LogP contribution in [0.4, 0.5) is 0 Å². The van der Waals surface area contributed by atoms with Gasteiger partial charge >= 0.3 is 0 Å². The van der Waals surface area contributed by atoms with Gasteiger partial charge in [-0.1, -0.05) is 30.8 Å². The third kappa shape index (κ3) is 3.28. The van der Waals surface area contributed by atoms with Gasteiger partial charge in [-0.3, -0.25) is 4.79 Å². The third-order valence-electron chi connectivity index (χ3n) is 3.29. The van der Waals surface area contributed by atoms with Gasteiger partial charge in [-0.25, -0.2) is 0 Å². The van der Waals surface area contributed by atoms with Crippen LogP contribution < -0.4 is 5.32 Å². The molecule has 0 saturated heterocycles. The van der Waals surface area contributed by atoms with Crippen LogP contribution in [0.1, 0.15) is 56.2 Å². The second-order valence-corrected chi connectivity index (χ2v) is 4.59. The molecule has 0 aliphatic heterocycles. The third-order valence-corrected chi connectivity index (χ3v) is 3.29. The van der Waals surface area contributed by atoms with Crippen molar-refractivity contribution < 1.29 is 9.32 Å². The minimum absolute atomic E-state index is 0.0850. The Morgan fingerprint density at radius 1 is 1.35 bits per heavy atom. The molecule has 1 aliphatic rings. The minimum atomic E-state index is -0.0850. The Labute approximate surface area is 101 Å². The van der Waals surface area contributed by atoms with Gasteiger partial charge in [0.15, 0.2) is 5.82 Å². The Hall–Kier alpha value is -1.39. The molecule has 17 heavy (non-hydrogen) atoms. The number of likely N-dealkylation sites (N-methyl/N-ethyl adjacent to an activating group) is 1. The van der Waals surface area contributed by atoms with E-state index in [1.165, 1.54) is 25.7 Å². The van der Waals surface area contributed by atoms with Gasteiger partial charge < -0.3 is 9.84 Å². The van der Waals surface area contributed by atoms with Crippen molar-refractivity contribution in [1.82, 2.24) is 15.5 Å². The van der Waals surface area contributed by atoms with Gasteiger partial charge in [0, 0.05) is 13.0 Å². The molecule has 0 aromatic carbocycles. The molecule has 1 amide bonds. The van der Waals surface area contributed by atoms with Crippen LogP contribution in [0.25, 0.3) is 0 Å². The van der Waals surface area contributed by atoms with Crippen molar-refractivity contribution in [2.24, 2.45) is 0 Å². The van der Waals surface area contributed by atoms with E-state index in [4.69, 9.17) is 4.52 Å². The lowest BCUT2D eigenvalue weighted by Crippen LogP contribution is -2.20. The number of carbonyl (C=O) groups excluding carboxylic acids is 1. The monoisotopic (exact) mass is 237 g/mol. The first-order valence-corrected chi connectivity index (χ1v) is 6.32. The van der Waals surface area contributed by atoms with Crippen molar-refractivity contribution in [2.75, 3.05) is 7.05 Å². The van der Waals surface area contributed by atoms with Crippen LogP contribution in [0, 0.1) is 0 Å². The lowest BCUT2D eigenvalue weighted by Gasteiger charge is -2.06. The SMILES string of the molecule is CNC(=O)Cc1noc(C2CCCCCC2)n1. The Morgan fingerprint density at radius 2 is 2.06 bits per heavy atom. The topological polar surface area (TPSA) is 68.0 Å². The zero-order valence-electron chi connectivity index (χ0n) is 10.2. The molecule has 1 heterocycles. The molecule has 0 atom stereocenters. The fraction of sp³-hybridized carbons (Fsp3) is 0.750. The Balaban J connectivity index is 1.98. The van der Waals surface area contributed by atoms with Crippen LogP contribution >= 0.6 is 0 Å². The van der Waals surface area contributed by atoms with Gasteiger partial charge in [-0.05, 0) is 12.8 Å². The second-order valence-electron chi connectivity index (χ2n) is 4.59. The summed E-state index contributed by atoms with van der Waals surface area (Å²) in [7, 11) is 1.61. The van der Waals surface area contributed by atoms with Crippen molar-refractivity contribution in [3.8, 4) is 0 Å². The predicted molar refractivity (Wildman–Crippen MR) is 62.5 cm³/mol. The van der Waals surface area contributed by atoms with E-state index < -0.39 is 0 Å². The fourth-order valence-corrected chi connectivity index (χ4v) is 2.26. The number of rotatable bonds is 3. The number of amides is 1. The average molecular weight is 237 g/mol. The highest BCUT2D eigenvalue weighted by Gasteiger charge is 2.21. The van der Waals surface area contributed by atoms with E-state index in [-0.39, 0.29) is 12.3 Å². The largest absolute Gasteiger partial charge is 0.359 e. The van der Waals surface area contributed by atoms with Crippen LogP contribution in [0.2, 0.25) is 0 Å². The highest BCUT2D eigenvalue weighted by molar-refractivity contribution is 5.77. The summed E-state index contributed by atoms with van der Waals surface area (Å²) in [4.78, 5) is 15.5. The summed E-state index contributed by atoms with van der Waals surface area (Å²) in [6.07, 6.45) is 7.52. The summed E-state index contributed by atoms with van der Waals surface area (Å²) < 4.78 is 5.26. The van der Waals surface area contributed by atoms with Gasteiger partial charge in [0.25, 0.3) is 0 Å². The average Bonchev–Trinajstić information content (AvgIpc) is 2.63. The Bertz CT molecular complexity index is 368. The van der Waals surface area contributed by atoms with Crippen molar-refractivity contribution in [1.29, 1.82) is 0 Å². The summed E-state index contributed by atoms with van der Waals surface area (Å²) in [6, 6.07) is 0. The molecule has 2 rings (SSSR count). The maximum Gasteiger partial charge on any atom is 0.229 e. The van der Waals surface area contributed by atoms with E-state index in [0.717, 1.165) is 12.8 Å². The molecule has 94 valence electrons. The normalized spacial score (nSPS) is 17.7. The zero-order chi connectivity index (χ0) is 12.1. The molecular formula is C12H19N3O2. The van der Waals surface area contributed by atoms with Crippen molar-refractivity contribution in [3.63, 3.8) is 0 Å². The molecule has 0 bridgehead atoms. The number of nitrogens with one attached hydrogen (secondary N) is 1. The fourth-order valence-electron chi connectivity index (χ4n) is 2.26. The number of nitrogens with zero attached hydrogens (tertiary/aromatic N) is 2. The summed E-state index contributed by atoms with van der Waals surface area (Å²) in [5.41, 5.74) is 0. The van der Waals surface area contributed by atoms with Gasteiger partial charge in [0.1, 0.15) is 0 Å². The first kappa shape index (κ1) is 12.1. The van der Waals surface area contributed by atoms with Crippen LogP contribution in [0.3, 0.4) is 0 Å². The van der Waals surface area contributed by atoms with Crippen molar-refractivity contribution in [2.45, 2.75) is 50.9 Å².